The first-order valence-electron chi connectivity index (χ1n) is 9.94. The summed E-state index contributed by atoms with van der Waals surface area (Å²) < 4.78 is 31.2. The summed E-state index contributed by atoms with van der Waals surface area (Å²) in [6, 6.07) is 8.46. The van der Waals surface area contributed by atoms with Crippen LogP contribution in [0.25, 0.3) is 10.9 Å². The van der Waals surface area contributed by atoms with Crippen LogP contribution >= 0.6 is 11.5 Å². The number of amides is 2. The normalized spacial score (nSPS) is 17.9. The molecule has 0 saturated carbocycles. The zero-order chi connectivity index (χ0) is 20.8. The van der Waals surface area contributed by atoms with E-state index < -0.39 is 11.7 Å². The Labute approximate surface area is 176 Å². The van der Waals surface area contributed by atoms with E-state index in [9.17, 15) is 18.4 Å². The lowest BCUT2D eigenvalue weighted by Gasteiger charge is -2.32. The van der Waals surface area contributed by atoms with Gasteiger partial charge in [-0.15, -0.1) is 0 Å². The van der Waals surface area contributed by atoms with Crippen LogP contribution in [0.3, 0.4) is 0 Å². The van der Waals surface area contributed by atoms with Crippen LogP contribution in [-0.2, 0) is 0 Å². The molecule has 1 fully saturated rings. The van der Waals surface area contributed by atoms with Crippen LogP contribution in [0.1, 0.15) is 44.4 Å². The Kier molecular flexibility index (Phi) is 4.83. The third-order valence-corrected chi connectivity index (χ3v) is 7.04. The molecule has 1 aromatic heterocycles. The number of carbonyl (C=O) groups excluding carboxylic acids is 2. The van der Waals surface area contributed by atoms with E-state index in [2.05, 4.69) is 9.27 Å². The van der Waals surface area contributed by atoms with Gasteiger partial charge in [0.1, 0.15) is 11.6 Å². The molecule has 2 aliphatic rings. The van der Waals surface area contributed by atoms with Gasteiger partial charge < -0.3 is 4.90 Å². The van der Waals surface area contributed by atoms with Crippen molar-refractivity contribution in [3.63, 3.8) is 0 Å². The monoisotopic (exact) mass is 427 g/mol. The van der Waals surface area contributed by atoms with E-state index in [4.69, 9.17) is 0 Å². The van der Waals surface area contributed by atoms with Gasteiger partial charge in [0, 0.05) is 29.4 Å². The molecule has 3 heterocycles. The van der Waals surface area contributed by atoms with Crippen molar-refractivity contribution in [1.82, 2.24) is 14.2 Å². The number of hydrogen-bond acceptors (Lipinski definition) is 5. The lowest BCUT2D eigenvalue weighted by molar-refractivity contribution is 0.0629. The summed E-state index contributed by atoms with van der Waals surface area (Å²) in [4.78, 5) is 29.6. The van der Waals surface area contributed by atoms with E-state index in [1.54, 1.807) is 6.07 Å². The molecule has 154 valence electrons. The third-order valence-electron chi connectivity index (χ3n) is 6.00. The molecule has 0 spiro atoms. The molecule has 30 heavy (non-hydrogen) atoms. The maximum Gasteiger partial charge on any atom is 0.261 e. The molecular weight excluding hydrogens is 408 g/mol. The van der Waals surface area contributed by atoms with Crippen LogP contribution in [-0.4, -0.2) is 52.2 Å². The maximum absolute atomic E-state index is 13.4. The van der Waals surface area contributed by atoms with E-state index >= 15 is 0 Å². The molecule has 5 rings (SSSR count). The van der Waals surface area contributed by atoms with Crippen LogP contribution in [0, 0.1) is 11.6 Å². The molecule has 2 aliphatic heterocycles. The molecule has 0 bridgehead atoms. The zero-order valence-corrected chi connectivity index (χ0v) is 16.9. The first-order valence-corrected chi connectivity index (χ1v) is 10.7. The van der Waals surface area contributed by atoms with E-state index in [0.29, 0.717) is 24.5 Å². The van der Waals surface area contributed by atoms with Crippen LogP contribution in [0.4, 0.5) is 8.78 Å². The summed E-state index contributed by atoms with van der Waals surface area (Å²) in [5.41, 5.74) is 1.13. The quantitative estimate of drug-likeness (QED) is 0.590. The number of imide groups is 1. The van der Waals surface area contributed by atoms with Gasteiger partial charge in [0.25, 0.3) is 11.8 Å². The van der Waals surface area contributed by atoms with Crippen molar-refractivity contribution in [2.45, 2.75) is 18.8 Å². The number of aromatic nitrogens is 1. The third kappa shape index (κ3) is 3.30. The second kappa shape index (κ2) is 7.52. The first-order chi connectivity index (χ1) is 14.5. The summed E-state index contributed by atoms with van der Waals surface area (Å²) in [5.74, 6) is -1.19. The highest BCUT2D eigenvalue weighted by molar-refractivity contribution is 7.07. The molecule has 3 aromatic rings. The van der Waals surface area contributed by atoms with Crippen molar-refractivity contribution in [1.29, 1.82) is 0 Å². The summed E-state index contributed by atoms with van der Waals surface area (Å²) in [6.45, 7) is 2.59. The van der Waals surface area contributed by atoms with E-state index in [0.717, 1.165) is 37.4 Å². The van der Waals surface area contributed by atoms with Crippen LogP contribution in [0.2, 0.25) is 0 Å². The minimum absolute atomic E-state index is 0.146. The van der Waals surface area contributed by atoms with Gasteiger partial charge in [0.15, 0.2) is 0 Å². The van der Waals surface area contributed by atoms with Gasteiger partial charge in [-0.05, 0) is 73.7 Å². The number of piperidine rings is 1. The summed E-state index contributed by atoms with van der Waals surface area (Å²) in [5, 5.41) is 1.03. The number of fused-ring (bicyclic) bond motifs is 2. The number of hydrogen-bond donors (Lipinski definition) is 0. The topological polar surface area (TPSA) is 53.5 Å². The smallest absolute Gasteiger partial charge is 0.261 e. The fraction of sp³-hybridized carbons (Fsp3) is 0.318. The Balaban J connectivity index is 1.20. The Morgan fingerprint density at radius 3 is 2.43 bits per heavy atom. The highest BCUT2D eigenvalue weighted by Crippen LogP contribution is 2.36. The molecule has 5 nitrogen and oxygen atoms in total. The van der Waals surface area contributed by atoms with Crippen LogP contribution in [0.15, 0.2) is 36.4 Å². The molecule has 2 amide bonds. The summed E-state index contributed by atoms with van der Waals surface area (Å²) in [7, 11) is 0. The van der Waals surface area contributed by atoms with Gasteiger partial charge in [0.2, 0.25) is 0 Å². The lowest BCUT2D eigenvalue weighted by atomic mass is 9.93. The predicted molar refractivity (Wildman–Crippen MR) is 110 cm³/mol. The molecule has 0 N–H and O–H groups in total. The molecule has 0 aliphatic carbocycles. The Morgan fingerprint density at radius 1 is 0.933 bits per heavy atom. The summed E-state index contributed by atoms with van der Waals surface area (Å²) >= 11 is 1.44. The molecule has 1 saturated heterocycles. The van der Waals surface area contributed by atoms with E-state index in [1.165, 1.54) is 45.6 Å². The number of rotatable bonds is 4. The number of halogens is 2. The molecule has 0 radical (unpaired) electrons. The standard InChI is InChI=1S/C22H19F2N3O2S/c23-14-1-3-16-18(11-14)22(29)27(21(16)28)10-9-26-7-5-13(6-8-26)20-17-4-2-15(24)12-19(17)25-30-20/h1-4,11-13H,5-10H2. The van der Waals surface area contributed by atoms with E-state index in [-0.39, 0.29) is 22.9 Å². The largest absolute Gasteiger partial charge is 0.302 e. The van der Waals surface area contributed by atoms with Gasteiger partial charge in [-0.2, -0.15) is 4.37 Å². The highest BCUT2D eigenvalue weighted by atomic mass is 32.1. The average Bonchev–Trinajstić information content (AvgIpc) is 3.26. The second-order valence-corrected chi connectivity index (χ2v) is 8.58. The Morgan fingerprint density at radius 2 is 1.63 bits per heavy atom. The van der Waals surface area contributed by atoms with Gasteiger partial charge in [-0.3, -0.25) is 14.5 Å². The Bertz CT molecular complexity index is 1150. The van der Waals surface area contributed by atoms with Crippen molar-refractivity contribution >= 4 is 34.2 Å². The molecule has 0 unspecified atom stereocenters. The van der Waals surface area contributed by atoms with Crippen LogP contribution in [0.5, 0.6) is 0 Å². The predicted octanol–water partition coefficient (Wildman–Crippen LogP) is 4.05. The van der Waals surface area contributed by atoms with E-state index in [1.807, 2.05) is 0 Å². The second-order valence-electron chi connectivity index (χ2n) is 7.78. The summed E-state index contributed by atoms with van der Waals surface area (Å²) in [6.07, 6.45) is 1.89. The average molecular weight is 427 g/mol. The first kappa shape index (κ1) is 19.3. The van der Waals surface area contributed by atoms with Gasteiger partial charge >= 0.3 is 0 Å². The zero-order valence-electron chi connectivity index (χ0n) is 16.1. The number of carbonyl (C=O) groups is 2. The molecule has 0 atom stereocenters. The molecule has 2 aromatic carbocycles. The number of likely N-dealkylation sites (tertiary alicyclic amines) is 1. The van der Waals surface area contributed by atoms with Crippen molar-refractivity contribution in [3.05, 3.63) is 64.0 Å². The Hall–Kier alpha value is -2.71. The maximum atomic E-state index is 13.4. The SMILES string of the molecule is O=C1c2ccc(F)cc2C(=O)N1CCN1CCC(c2snc3cc(F)ccc23)CC1. The van der Waals surface area contributed by atoms with Gasteiger partial charge in [-0.1, -0.05) is 0 Å². The fourth-order valence-electron chi connectivity index (χ4n) is 4.36. The minimum atomic E-state index is -0.517. The molecular formula is C22H19F2N3O2S. The minimum Gasteiger partial charge on any atom is -0.302 e. The fourth-order valence-corrected chi connectivity index (χ4v) is 5.36. The number of benzene rings is 2. The van der Waals surface area contributed by atoms with Crippen molar-refractivity contribution < 1.29 is 18.4 Å². The highest BCUT2D eigenvalue weighted by Gasteiger charge is 2.36. The van der Waals surface area contributed by atoms with Gasteiger partial charge in [-0.25, -0.2) is 8.78 Å². The van der Waals surface area contributed by atoms with Crippen molar-refractivity contribution in [3.8, 4) is 0 Å². The van der Waals surface area contributed by atoms with Gasteiger partial charge in [0.05, 0.1) is 16.6 Å². The molecule has 8 heteroatoms. The van der Waals surface area contributed by atoms with Crippen molar-refractivity contribution in [2.75, 3.05) is 26.2 Å². The van der Waals surface area contributed by atoms with Crippen molar-refractivity contribution in [2.24, 2.45) is 0 Å². The lowest BCUT2D eigenvalue weighted by Crippen LogP contribution is -2.41. The van der Waals surface area contributed by atoms with Crippen LogP contribution < -0.4 is 0 Å². The number of nitrogens with zero attached hydrogens (tertiary/aromatic N) is 3.